The molecule has 1 atom stereocenters. The number of rotatable bonds is 3. The molecular formula is C38H24F3N3. The van der Waals surface area contributed by atoms with Gasteiger partial charge in [0.05, 0.1) is 33.7 Å². The molecule has 0 aliphatic heterocycles. The summed E-state index contributed by atoms with van der Waals surface area (Å²) in [6, 6.07) is 39.4. The average molecular weight is 580 g/mol. The van der Waals surface area contributed by atoms with Gasteiger partial charge in [-0.15, -0.1) is 0 Å². The topological polar surface area (TPSA) is 33.6 Å². The predicted octanol–water partition coefficient (Wildman–Crippen LogP) is 10.3. The number of hydrogen-bond acceptors (Lipinski definition) is 1. The van der Waals surface area contributed by atoms with Crippen molar-refractivity contribution in [3.8, 4) is 11.8 Å². The Kier molecular flexibility index (Phi) is 5.79. The Morgan fingerprint density at radius 3 is 1.86 bits per heavy atom. The van der Waals surface area contributed by atoms with E-state index >= 15 is 0 Å². The summed E-state index contributed by atoms with van der Waals surface area (Å²) < 4.78 is 47.5. The third-order valence-electron chi connectivity index (χ3n) is 8.69. The van der Waals surface area contributed by atoms with E-state index in [0.29, 0.717) is 11.3 Å². The Hall–Kier alpha value is -5.54. The van der Waals surface area contributed by atoms with E-state index in [-0.39, 0.29) is 6.42 Å². The van der Waals surface area contributed by atoms with Crippen molar-refractivity contribution in [1.82, 2.24) is 9.13 Å². The summed E-state index contributed by atoms with van der Waals surface area (Å²) in [4.78, 5) is 0. The highest BCUT2D eigenvalue weighted by molar-refractivity contribution is 6.11. The molecule has 0 amide bonds. The minimum absolute atomic E-state index is 0.153. The Balaban J connectivity index is 1.33. The number of allylic oxidation sites excluding steroid dienone is 4. The molecule has 44 heavy (non-hydrogen) atoms. The van der Waals surface area contributed by atoms with Gasteiger partial charge in [0.15, 0.2) is 0 Å². The molecule has 5 aromatic carbocycles. The number of alkyl halides is 3. The molecule has 0 fully saturated rings. The first-order valence-corrected chi connectivity index (χ1v) is 14.4. The normalized spacial score (nSPS) is 15.5. The minimum Gasteiger partial charge on any atom is -0.310 e. The number of para-hydroxylation sites is 3. The van der Waals surface area contributed by atoms with Crippen molar-refractivity contribution in [3.63, 3.8) is 0 Å². The number of fused-ring (bicyclic) bond motifs is 6. The van der Waals surface area contributed by atoms with Crippen molar-refractivity contribution in [2.75, 3.05) is 0 Å². The van der Waals surface area contributed by atoms with Crippen LogP contribution in [-0.2, 0) is 0 Å². The van der Waals surface area contributed by atoms with Crippen LogP contribution in [0.1, 0.15) is 23.5 Å². The smallest absolute Gasteiger partial charge is 0.310 e. The number of nitriles is 1. The highest BCUT2D eigenvalue weighted by atomic mass is 19.4. The molecule has 0 N–H and O–H groups in total. The molecule has 0 spiro atoms. The zero-order valence-corrected chi connectivity index (χ0v) is 23.4. The van der Waals surface area contributed by atoms with Crippen molar-refractivity contribution in [2.24, 2.45) is 0 Å². The van der Waals surface area contributed by atoms with Crippen LogP contribution in [0.4, 0.5) is 13.2 Å². The van der Waals surface area contributed by atoms with Gasteiger partial charge in [0.2, 0.25) is 0 Å². The second-order valence-electron chi connectivity index (χ2n) is 11.2. The molecule has 3 nitrogen and oxygen atoms in total. The fourth-order valence-corrected chi connectivity index (χ4v) is 6.75. The maximum absolute atomic E-state index is 14.5. The van der Waals surface area contributed by atoms with Crippen molar-refractivity contribution in [2.45, 2.75) is 18.5 Å². The Bertz CT molecular complexity index is 2320. The highest BCUT2D eigenvalue weighted by Crippen LogP contribution is 2.43. The summed E-state index contributed by atoms with van der Waals surface area (Å²) in [6.07, 6.45) is -1.41. The molecule has 7 aromatic rings. The van der Waals surface area contributed by atoms with Gasteiger partial charge in [-0.1, -0.05) is 72.8 Å². The molecular weight excluding hydrogens is 555 g/mol. The van der Waals surface area contributed by atoms with E-state index in [4.69, 9.17) is 0 Å². The molecule has 1 unspecified atom stereocenters. The van der Waals surface area contributed by atoms with Crippen molar-refractivity contribution in [1.29, 1.82) is 5.26 Å². The third kappa shape index (κ3) is 4.05. The second-order valence-corrected chi connectivity index (χ2v) is 11.2. The molecule has 2 heterocycles. The van der Waals surface area contributed by atoms with Crippen LogP contribution in [0, 0.1) is 11.3 Å². The van der Waals surface area contributed by atoms with Gasteiger partial charge in [-0.2, -0.15) is 18.4 Å². The average Bonchev–Trinajstić information content (AvgIpc) is 3.57. The summed E-state index contributed by atoms with van der Waals surface area (Å²) in [7, 11) is 0. The molecule has 1 aliphatic carbocycles. The van der Waals surface area contributed by atoms with Gasteiger partial charge in [0, 0.05) is 44.4 Å². The van der Waals surface area contributed by atoms with Crippen LogP contribution in [0.2, 0.25) is 0 Å². The monoisotopic (exact) mass is 579 g/mol. The van der Waals surface area contributed by atoms with Gasteiger partial charge in [-0.25, -0.2) is 0 Å². The summed E-state index contributed by atoms with van der Waals surface area (Å²) in [5, 5.41) is 13.5. The lowest BCUT2D eigenvalue weighted by Crippen LogP contribution is -2.18. The van der Waals surface area contributed by atoms with E-state index in [1.165, 1.54) is 6.08 Å². The molecule has 1 aliphatic rings. The lowest BCUT2D eigenvalue weighted by Gasteiger charge is -2.25. The predicted molar refractivity (Wildman–Crippen MR) is 171 cm³/mol. The molecule has 0 radical (unpaired) electrons. The fourth-order valence-electron chi connectivity index (χ4n) is 6.75. The number of halogens is 3. The Labute approximate surface area is 251 Å². The van der Waals surface area contributed by atoms with Gasteiger partial charge in [0.25, 0.3) is 0 Å². The maximum atomic E-state index is 14.5. The van der Waals surface area contributed by atoms with Gasteiger partial charge < -0.3 is 9.13 Å². The largest absolute Gasteiger partial charge is 0.412 e. The first-order valence-electron chi connectivity index (χ1n) is 14.4. The first kappa shape index (κ1) is 26.1. The van der Waals surface area contributed by atoms with Crippen LogP contribution < -0.4 is 0 Å². The number of aromatic nitrogens is 2. The Morgan fingerprint density at radius 2 is 1.23 bits per heavy atom. The van der Waals surface area contributed by atoms with E-state index in [9.17, 15) is 18.4 Å². The van der Waals surface area contributed by atoms with Crippen molar-refractivity contribution >= 4 is 49.3 Å². The Morgan fingerprint density at radius 1 is 0.636 bits per heavy atom. The summed E-state index contributed by atoms with van der Waals surface area (Å²) in [6.45, 7) is 0. The van der Waals surface area contributed by atoms with Gasteiger partial charge in [0.1, 0.15) is 0 Å². The molecule has 212 valence electrons. The standard InChI is InChI=1S/C38H24F3N3/c39-38(40,41)27-19-26(21-29(22-27)44-36-15-6-3-12-32(36)33-18-24(23-42)16-17-37(33)44)25-8-7-9-28(20-25)43-34-13-4-1-10-30(34)31-11-2-5-14-35(31)43/h1-18,20-22,26H,19H2. The zero-order chi connectivity index (χ0) is 30.0. The van der Waals surface area contributed by atoms with Gasteiger partial charge in [-0.3, -0.25) is 0 Å². The van der Waals surface area contributed by atoms with Crippen LogP contribution in [0.5, 0.6) is 0 Å². The summed E-state index contributed by atoms with van der Waals surface area (Å²) >= 11 is 0. The molecule has 2 aromatic heterocycles. The quantitative estimate of drug-likeness (QED) is 0.205. The zero-order valence-electron chi connectivity index (χ0n) is 23.4. The van der Waals surface area contributed by atoms with Crippen molar-refractivity contribution in [3.05, 3.63) is 144 Å². The fraction of sp³-hybridized carbons (Fsp3) is 0.0789. The molecule has 6 heteroatoms. The summed E-state index contributed by atoms with van der Waals surface area (Å²) in [5.41, 5.74) is 5.75. The van der Waals surface area contributed by atoms with Gasteiger partial charge in [-0.05, 0) is 66.6 Å². The molecule has 0 saturated heterocycles. The van der Waals surface area contributed by atoms with E-state index in [0.717, 1.165) is 54.9 Å². The maximum Gasteiger partial charge on any atom is 0.412 e. The first-order chi connectivity index (χ1) is 21.4. The van der Waals surface area contributed by atoms with Crippen LogP contribution in [0.3, 0.4) is 0 Å². The number of nitrogens with zero attached hydrogens (tertiary/aromatic N) is 3. The van der Waals surface area contributed by atoms with E-state index < -0.39 is 17.7 Å². The van der Waals surface area contributed by atoms with Crippen molar-refractivity contribution < 1.29 is 13.2 Å². The lowest BCUT2D eigenvalue weighted by molar-refractivity contribution is -0.0944. The SMILES string of the molecule is N#Cc1ccc2c(c1)c1ccccc1n2C1=CC(c2cccc(-n3c4ccccc4c4ccccc43)c2)CC(C(F)(F)F)=C1. The summed E-state index contributed by atoms with van der Waals surface area (Å²) in [5.74, 6) is -0.505. The van der Waals surface area contributed by atoms with E-state index in [2.05, 4.69) is 34.9 Å². The number of hydrogen-bond donors (Lipinski definition) is 0. The van der Waals surface area contributed by atoms with Crippen LogP contribution >= 0.6 is 0 Å². The lowest BCUT2D eigenvalue weighted by atomic mass is 9.86. The molecule has 0 saturated carbocycles. The van der Waals surface area contributed by atoms with Crippen LogP contribution in [0.25, 0.3) is 55.0 Å². The second kappa shape index (κ2) is 9.75. The van der Waals surface area contributed by atoms with Gasteiger partial charge >= 0.3 is 6.18 Å². The van der Waals surface area contributed by atoms with E-state index in [1.54, 1.807) is 12.1 Å². The van der Waals surface area contributed by atoms with Crippen LogP contribution in [0.15, 0.2) is 133 Å². The third-order valence-corrected chi connectivity index (χ3v) is 8.69. The van der Waals surface area contributed by atoms with Crippen LogP contribution in [-0.4, -0.2) is 15.3 Å². The molecule has 8 rings (SSSR count). The number of benzene rings is 5. The minimum atomic E-state index is -4.48. The highest BCUT2D eigenvalue weighted by Gasteiger charge is 2.37. The molecule has 0 bridgehead atoms. The van der Waals surface area contributed by atoms with E-state index in [1.807, 2.05) is 89.5 Å².